The fraction of sp³-hybridized carbons (Fsp3) is 0.533. The summed E-state index contributed by atoms with van der Waals surface area (Å²) in [6, 6.07) is 8.32. The molecule has 1 aromatic rings. The van der Waals surface area contributed by atoms with Crippen molar-refractivity contribution in [2.45, 2.75) is 19.9 Å². The molecule has 1 aromatic carbocycles. The van der Waals surface area contributed by atoms with Crippen LogP contribution < -0.4 is 0 Å². The van der Waals surface area contributed by atoms with Crippen molar-refractivity contribution in [3.05, 3.63) is 35.4 Å². The smallest absolute Gasteiger partial charge is 0.176 e. The molecule has 0 spiro atoms. The van der Waals surface area contributed by atoms with E-state index in [1.165, 1.54) is 5.56 Å². The number of benzene rings is 1. The van der Waals surface area contributed by atoms with Gasteiger partial charge in [0.25, 0.3) is 0 Å². The van der Waals surface area contributed by atoms with Gasteiger partial charge in [0.1, 0.15) is 0 Å². The number of hydrogen-bond donors (Lipinski definition) is 0. The molecule has 3 nitrogen and oxygen atoms in total. The van der Waals surface area contributed by atoms with E-state index in [1.807, 2.05) is 31.2 Å². The van der Waals surface area contributed by atoms with Crippen LogP contribution in [0, 0.1) is 6.92 Å². The predicted octanol–water partition coefficient (Wildman–Crippen LogP) is 1.81. The van der Waals surface area contributed by atoms with E-state index in [9.17, 15) is 4.79 Å². The summed E-state index contributed by atoms with van der Waals surface area (Å²) in [5.41, 5.74) is 2.02. The Bertz CT molecular complexity index is 413. The van der Waals surface area contributed by atoms with Gasteiger partial charge in [-0.1, -0.05) is 29.8 Å². The van der Waals surface area contributed by atoms with E-state index in [0.29, 0.717) is 12.6 Å². The lowest BCUT2D eigenvalue weighted by atomic mass is 10.1. The summed E-state index contributed by atoms with van der Waals surface area (Å²) < 4.78 is 0. The Kier molecular flexibility index (Phi) is 4.15. The number of rotatable bonds is 3. The number of aryl methyl sites for hydroxylation is 1. The minimum absolute atomic E-state index is 0.228. The largest absolute Gasteiger partial charge is 0.304 e. The van der Waals surface area contributed by atoms with Gasteiger partial charge in [0.2, 0.25) is 0 Å². The summed E-state index contributed by atoms with van der Waals surface area (Å²) in [7, 11) is 2.13. The number of carbonyl (C=O) groups is 1. The minimum Gasteiger partial charge on any atom is -0.304 e. The van der Waals surface area contributed by atoms with E-state index in [1.54, 1.807) is 0 Å². The Hall–Kier alpha value is -1.19. The van der Waals surface area contributed by atoms with E-state index < -0.39 is 0 Å². The standard InChI is InChI=1S/C15H22N2O/c1-12-4-6-14(7-5-12)15(18)11-17-9-8-16(3)10-13(17)2/h4-7,13H,8-11H2,1-3H3. The Morgan fingerprint density at radius 2 is 1.94 bits per heavy atom. The van der Waals surface area contributed by atoms with Crippen LogP contribution in [0.1, 0.15) is 22.8 Å². The third-order valence-electron chi connectivity index (χ3n) is 3.69. The van der Waals surface area contributed by atoms with Crippen LogP contribution in [0.25, 0.3) is 0 Å². The van der Waals surface area contributed by atoms with Gasteiger partial charge in [-0.3, -0.25) is 9.69 Å². The Morgan fingerprint density at radius 1 is 1.28 bits per heavy atom. The molecule has 0 N–H and O–H groups in total. The second-order valence-electron chi connectivity index (χ2n) is 5.37. The topological polar surface area (TPSA) is 23.6 Å². The zero-order valence-corrected chi connectivity index (χ0v) is 11.5. The number of Topliss-reactive ketones (excluding diaryl/α,β-unsaturated/α-hetero) is 1. The molecule has 2 rings (SSSR count). The molecule has 1 atom stereocenters. The molecule has 1 aliphatic heterocycles. The third kappa shape index (κ3) is 3.18. The van der Waals surface area contributed by atoms with E-state index in [4.69, 9.17) is 0 Å². The molecule has 1 heterocycles. The Balaban J connectivity index is 1.97. The first-order chi connectivity index (χ1) is 8.56. The molecule has 18 heavy (non-hydrogen) atoms. The Morgan fingerprint density at radius 3 is 2.56 bits per heavy atom. The van der Waals surface area contributed by atoms with Crippen molar-refractivity contribution in [1.29, 1.82) is 0 Å². The van der Waals surface area contributed by atoms with Crippen molar-refractivity contribution in [3.8, 4) is 0 Å². The molecule has 0 bridgehead atoms. The van der Waals surface area contributed by atoms with Crippen LogP contribution in [0.4, 0.5) is 0 Å². The van der Waals surface area contributed by atoms with Crippen LogP contribution >= 0.6 is 0 Å². The fourth-order valence-electron chi connectivity index (χ4n) is 2.43. The zero-order chi connectivity index (χ0) is 13.1. The Labute approximate surface area is 109 Å². The lowest BCUT2D eigenvalue weighted by Crippen LogP contribution is -2.51. The summed E-state index contributed by atoms with van der Waals surface area (Å²) in [5, 5.41) is 0. The third-order valence-corrected chi connectivity index (χ3v) is 3.69. The number of hydrogen-bond acceptors (Lipinski definition) is 3. The fourth-order valence-corrected chi connectivity index (χ4v) is 2.43. The van der Waals surface area contributed by atoms with E-state index >= 15 is 0 Å². The molecule has 0 saturated carbocycles. The summed E-state index contributed by atoms with van der Waals surface area (Å²) in [4.78, 5) is 16.8. The molecule has 1 saturated heterocycles. The van der Waals surface area contributed by atoms with Gasteiger partial charge in [0.05, 0.1) is 6.54 Å². The molecular weight excluding hydrogens is 224 g/mol. The lowest BCUT2D eigenvalue weighted by Gasteiger charge is -2.37. The number of likely N-dealkylation sites (N-methyl/N-ethyl adjacent to an activating group) is 1. The van der Waals surface area contributed by atoms with Crippen molar-refractivity contribution >= 4 is 5.78 Å². The van der Waals surface area contributed by atoms with Gasteiger partial charge >= 0.3 is 0 Å². The van der Waals surface area contributed by atoms with Crippen LogP contribution in [0.3, 0.4) is 0 Å². The van der Waals surface area contributed by atoms with Gasteiger partial charge in [0.15, 0.2) is 5.78 Å². The van der Waals surface area contributed by atoms with E-state index in [0.717, 1.165) is 25.2 Å². The van der Waals surface area contributed by atoms with Gasteiger partial charge in [-0.25, -0.2) is 0 Å². The second kappa shape index (κ2) is 5.63. The van der Waals surface area contributed by atoms with Crippen LogP contribution in [0.5, 0.6) is 0 Å². The number of piperazine rings is 1. The van der Waals surface area contributed by atoms with Gasteiger partial charge in [-0.15, -0.1) is 0 Å². The maximum atomic E-state index is 12.2. The summed E-state index contributed by atoms with van der Waals surface area (Å²) in [6.45, 7) is 7.84. The lowest BCUT2D eigenvalue weighted by molar-refractivity contribution is 0.0747. The molecule has 0 radical (unpaired) electrons. The molecule has 98 valence electrons. The number of ketones is 1. The predicted molar refractivity (Wildman–Crippen MR) is 74.0 cm³/mol. The van der Waals surface area contributed by atoms with E-state index in [-0.39, 0.29) is 5.78 Å². The maximum Gasteiger partial charge on any atom is 0.176 e. The van der Waals surface area contributed by atoms with Crippen LogP contribution in [0.15, 0.2) is 24.3 Å². The molecule has 3 heteroatoms. The van der Waals surface area contributed by atoms with Gasteiger partial charge in [-0.05, 0) is 20.9 Å². The van der Waals surface area contributed by atoms with Crippen molar-refractivity contribution in [3.63, 3.8) is 0 Å². The van der Waals surface area contributed by atoms with Gasteiger partial charge in [0, 0.05) is 31.2 Å². The first-order valence-corrected chi connectivity index (χ1v) is 6.58. The molecule has 0 amide bonds. The maximum absolute atomic E-state index is 12.2. The first kappa shape index (κ1) is 13.2. The summed E-state index contributed by atoms with van der Waals surface area (Å²) in [5.74, 6) is 0.228. The molecule has 0 aromatic heterocycles. The second-order valence-corrected chi connectivity index (χ2v) is 5.37. The minimum atomic E-state index is 0.228. The van der Waals surface area contributed by atoms with Crippen molar-refractivity contribution in [1.82, 2.24) is 9.80 Å². The average molecular weight is 246 g/mol. The molecular formula is C15H22N2O. The molecule has 0 aliphatic carbocycles. The van der Waals surface area contributed by atoms with Crippen molar-refractivity contribution < 1.29 is 4.79 Å². The van der Waals surface area contributed by atoms with Crippen LogP contribution in [-0.2, 0) is 0 Å². The number of nitrogens with zero attached hydrogens (tertiary/aromatic N) is 2. The average Bonchev–Trinajstić information content (AvgIpc) is 2.33. The zero-order valence-electron chi connectivity index (χ0n) is 11.5. The first-order valence-electron chi connectivity index (χ1n) is 6.58. The molecule has 1 fully saturated rings. The molecule has 1 aliphatic rings. The quantitative estimate of drug-likeness (QED) is 0.760. The van der Waals surface area contributed by atoms with Crippen molar-refractivity contribution in [2.24, 2.45) is 0 Å². The van der Waals surface area contributed by atoms with Crippen molar-refractivity contribution in [2.75, 3.05) is 33.2 Å². The molecule has 1 unspecified atom stereocenters. The van der Waals surface area contributed by atoms with E-state index in [2.05, 4.69) is 23.8 Å². The summed E-state index contributed by atoms with van der Waals surface area (Å²) >= 11 is 0. The van der Waals surface area contributed by atoms with Gasteiger partial charge < -0.3 is 4.90 Å². The number of carbonyl (C=O) groups excluding carboxylic acids is 1. The normalized spacial score (nSPS) is 22.1. The van der Waals surface area contributed by atoms with Gasteiger partial charge in [-0.2, -0.15) is 0 Å². The van der Waals surface area contributed by atoms with Crippen LogP contribution in [-0.4, -0.2) is 54.9 Å². The van der Waals surface area contributed by atoms with Crippen LogP contribution in [0.2, 0.25) is 0 Å². The highest BCUT2D eigenvalue weighted by Gasteiger charge is 2.23. The SMILES string of the molecule is Cc1ccc(C(=O)CN2CCN(C)CC2C)cc1. The highest BCUT2D eigenvalue weighted by Crippen LogP contribution is 2.10. The summed E-state index contributed by atoms with van der Waals surface area (Å²) in [6.07, 6.45) is 0. The highest BCUT2D eigenvalue weighted by molar-refractivity contribution is 5.97. The highest BCUT2D eigenvalue weighted by atomic mass is 16.1. The monoisotopic (exact) mass is 246 g/mol.